The lowest BCUT2D eigenvalue weighted by molar-refractivity contribution is 0.140. The number of allylic oxidation sites excluding steroid dienone is 1. The molecule has 0 aromatic rings. The molecule has 0 N–H and O–H groups in total. The fourth-order valence-electron chi connectivity index (χ4n) is 3.41. The van der Waals surface area contributed by atoms with Gasteiger partial charge in [-0.15, -0.1) is 0 Å². The highest BCUT2D eigenvalue weighted by Crippen LogP contribution is 2.27. The standard InChI is InChI=1S/C18H31NO/c1-15(2)13-19(14-16-7-5-4-6-8-16)17-9-11-18(20-3)12-10-17/h9-11,15-16,18H,4-8,12-14H2,1-3H3. The fourth-order valence-corrected chi connectivity index (χ4v) is 3.41. The van der Waals surface area contributed by atoms with E-state index < -0.39 is 0 Å². The summed E-state index contributed by atoms with van der Waals surface area (Å²) >= 11 is 0. The molecule has 114 valence electrons. The van der Waals surface area contributed by atoms with Gasteiger partial charge in [0, 0.05) is 25.9 Å². The Balaban J connectivity index is 1.96. The van der Waals surface area contributed by atoms with E-state index in [0.29, 0.717) is 5.92 Å². The summed E-state index contributed by atoms with van der Waals surface area (Å²) in [5.41, 5.74) is 1.41. The van der Waals surface area contributed by atoms with E-state index in [0.717, 1.165) is 12.3 Å². The molecular weight excluding hydrogens is 246 g/mol. The van der Waals surface area contributed by atoms with Crippen LogP contribution >= 0.6 is 0 Å². The van der Waals surface area contributed by atoms with Crippen LogP contribution in [0.15, 0.2) is 23.9 Å². The van der Waals surface area contributed by atoms with E-state index in [1.807, 2.05) is 0 Å². The van der Waals surface area contributed by atoms with Gasteiger partial charge in [0.2, 0.25) is 0 Å². The molecule has 2 nitrogen and oxygen atoms in total. The Labute approximate surface area is 124 Å². The summed E-state index contributed by atoms with van der Waals surface area (Å²) in [5.74, 6) is 1.62. The van der Waals surface area contributed by atoms with Crippen LogP contribution in [0.2, 0.25) is 0 Å². The van der Waals surface area contributed by atoms with Crippen LogP contribution in [0.25, 0.3) is 0 Å². The van der Waals surface area contributed by atoms with Crippen molar-refractivity contribution in [2.45, 2.75) is 58.5 Å². The van der Waals surface area contributed by atoms with Crippen molar-refractivity contribution in [2.24, 2.45) is 11.8 Å². The molecule has 0 amide bonds. The maximum atomic E-state index is 5.40. The molecule has 0 heterocycles. The first-order valence-corrected chi connectivity index (χ1v) is 8.35. The Morgan fingerprint density at radius 2 is 2.00 bits per heavy atom. The van der Waals surface area contributed by atoms with Gasteiger partial charge in [-0.1, -0.05) is 45.3 Å². The minimum absolute atomic E-state index is 0.273. The second-order valence-corrected chi connectivity index (χ2v) is 6.80. The van der Waals surface area contributed by atoms with Crippen LogP contribution in [-0.2, 0) is 4.74 Å². The van der Waals surface area contributed by atoms with Gasteiger partial charge < -0.3 is 9.64 Å². The molecule has 1 unspecified atom stereocenters. The van der Waals surface area contributed by atoms with Crippen molar-refractivity contribution < 1.29 is 4.74 Å². The molecule has 2 aliphatic carbocycles. The predicted octanol–water partition coefficient (Wildman–Crippen LogP) is 4.38. The van der Waals surface area contributed by atoms with Crippen molar-refractivity contribution in [3.05, 3.63) is 23.9 Å². The van der Waals surface area contributed by atoms with Gasteiger partial charge in [0.15, 0.2) is 0 Å². The highest BCUT2D eigenvalue weighted by molar-refractivity contribution is 5.23. The topological polar surface area (TPSA) is 12.5 Å². The summed E-state index contributed by atoms with van der Waals surface area (Å²) in [4.78, 5) is 2.61. The Morgan fingerprint density at radius 3 is 2.55 bits per heavy atom. The summed E-state index contributed by atoms with van der Waals surface area (Å²) < 4.78 is 5.40. The Morgan fingerprint density at radius 1 is 1.25 bits per heavy atom. The Kier molecular flexibility index (Phi) is 6.15. The maximum absolute atomic E-state index is 5.40. The van der Waals surface area contributed by atoms with Crippen LogP contribution in [0.5, 0.6) is 0 Å². The number of methoxy groups -OCH3 is 1. The predicted molar refractivity (Wildman–Crippen MR) is 85.6 cm³/mol. The van der Waals surface area contributed by atoms with Crippen LogP contribution in [-0.4, -0.2) is 31.2 Å². The monoisotopic (exact) mass is 277 g/mol. The molecule has 1 saturated carbocycles. The molecule has 0 saturated heterocycles. The number of hydrogen-bond donors (Lipinski definition) is 0. The number of nitrogens with zero attached hydrogens (tertiary/aromatic N) is 1. The van der Waals surface area contributed by atoms with Gasteiger partial charge in [-0.25, -0.2) is 0 Å². The summed E-state index contributed by atoms with van der Waals surface area (Å²) in [5, 5.41) is 0. The van der Waals surface area contributed by atoms with Crippen LogP contribution in [0.1, 0.15) is 52.4 Å². The van der Waals surface area contributed by atoms with Gasteiger partial charge in [0.25, 0.3) is 0 Å². The van der Waals surface area contributed by atoms with Crippen molar-refractivity contribution in [1.29, 1.82) is 0 Å². The molecular formula is C18H31NO. The van der Waals surface area contributed by atoms with Crippen molar-refractivity contribution in [3.63, 3.8) is 0 Å². The molecule has 0 spiro atoms. The molecule has 0 bridgehead atoms. The van der Waals surface area contributed by atoms with E-state index >= 15 is 0 Å². The molecule has 0 aromatic carbocycles. The number of ether oxygens (including phenoxy) is 1. The lowest BCUT2D eigenvalue weighted by Crippen LogP contribution is -2.33. The van der Waals surface area contributed by atoms with Gasteiger partial charge >= 0.3 is 0 Å². The second kappa shape index (κ2) is 7.87. The molecule has 2 heteroatoms. The first-order chi connectivity index (χ1) is 9.69. The van der Waals surface area contributed by atoms with Crippen LogP contribution in [0.4, 0.5) is 0 Å². The van der Waals surface area contributed by atoms with Crippen molar-refractivity contribution in [3.8, 4) is 0 Å². The van der Waals surface area contributed by atoms with E-state index in [1.54, 1.807) is 7.11 Å². The molecule has 20 heavy (non-hydrogen) atoms. The first-order valence-electron chi connectivity index (χ1n) is 8.35. The van der Waals surface area contributed by atoms with Crippen LogP contribution in [0.3, 0.4) is 0 Å². The minimum Gasteiger partial charge on any atom is -0.377 e. The normalized spacial score (nSPS) is 24.0. The van der Waals surface area contributed by atoms with Gasteiger partial charge in [-0.05, 0) is 37.2 Å². The SMILES string of the molecule is COC1C=CC(N(CC(C)C)CC2CCCCC2)=CC1. The third kappa shape index (κ3) is 4.66. The smallest absolute Gasteiger partial charge is 0.0791 e. The molecule has 0 aromatic heterocycles. The lowest BCUT2D eigenvalue weighted by atomic mass is 9.88. The molecule has 0 aliphatic heterocycles. The molecule has 0 radical (unpaired) electrons. The zero-order chi connectivity index (χ0) is 14.4. The zero-order valence-electron chi connectivity index (χ0n) is 13.5. The minimum atomic E-state index is 0.273. The second-order valence-electron chi connectivity index (χ2n) is 6.80. The summed E-state index contributed by atoms with van der Waals surface area (Å²) in [7, 11) is 1.79. The summed E-state index contributed by atoms with van der Waals surface area (Å²) in [6, 6.07) is 0. The largest absolute Gasteiger partial charge is 0.377 e. The quantitative estimate of drug-likeness (QED) is 0.714. The van der Waals surface area contributed by atoms with Gasteiger partial charge in [0.05, 0.1) is 6.10 Å². The average Bonchev–Trinajstić information content (AvgIpc) is 2.47. The molecule has 1 fully saturated rings. The summed E-state index contributed by atoms with van der Waals surface area (Å²) in [6.07, 6.45) is 15.3. The van der Waals surface area contributed by atoms with E-state index in [-0.39, 0.29) is 6.10 Å². The fraction of sp³-hybridized carbons (Fsp3) is 0.778. The third-order valence-corrected chi connectivity index (χ3v) is 4.50. The molecule has 2 rings (SSSR count). The number of rotatable bonds is 6. The highest BCUT2D eigenvalue weighted by Gasteiger charge is 2.20. The van der Waals surface area contributed by atoms with E-state index in [9.17, 15) is 0 Å². The zero-order valence-corrected chi connectivity index (χ0v) is 13.5. The average molecular weight is 277 g/mol. The van der Waals surface area contributed by atoms with Gasteiger partial charge in [0.1, 0.15) is 0 Å². The van der Waals surface area contributed by atoms with Crippen molar-refractivity contribution >= 4 is 0 Å². The van der Waals surface area contributed by atoms with Crippen LogP contribution in [0, 0.1) is 11.8 Å². The third-order valence-electron chi connectivity index (χ3n) is 4.50. The van der Waals surface area contributed by atoms with E-state index in [1.165, 1.54) is 50.9 Å². The summed E-state index contributed by atoms with van der Waals surface area (Å²) in [6.45, 7) is 7.05. The molecule has 1 atom stereocenters. The van der Waals surface area contributed by atoms with Crippen LogP contribution < -0.4 is 0 Å². The van der Waals surface area contributed by atoms with E-state index in [2.05, 4.69) is 37.0 Å². The maximum Gasteiger partial charge on any atom is 0.0791 e. The molecule has 2 aliphatic rings. The first kappa shape index (κ1) is 15.6. The number of hydrogen-bond acceptors (Lipinski definition) is 2. The lowest BCUT2D eigenvalue weighted by Gasteiger charge is -2.34. The van der Waals surface area contributed by atoms with Gasteiger partial charge in [-0.3, -0.25) is 0 Å². The van der Waals surface area contributed by atoms with Crippen molar-refractivity contribution in [2.75, 3.05) is 20.2 Å². The van der Waals surface area contributed by atoms with Gasteiger partial charge in [-0.2, -0.15) is 0 Å². The van der Waals surface area contributed by atoms with Crippen molar-refractivity contribution in [1.82, 2.24) is 4.90 Å². The van der Waals surface area contributed by atoms with E-state index in [4.69, 9.17) is 4.74 Å². The highest BCUT2D eigenvalue weighted by atomic mass is 16.5. The Hall–Kier alpha value is -0.760. The Bertz CT molecular complexity index is 339.